The average molecular weight is 277 g/mol. The lowest BCUT2D eigenvalue weighted by molar-refractivity contribution is 0.215. The predicted molar refractivity (Wildman–Crippen MR) is 86.9 cm³/mol. The molecule has 2 unspecified atom stereocenters. The first-order valence-corrected chi connectivity index (χ1v) is 8.02. The van der Waals surface area contributed by atoms with Crippen LogP contribution < -0.4 is 5.32 Å². The zero-order chi connectivity index (χ0) is 15.0. The number of rotatable bonds is 9. The van der Waals surface area contributed by atoms with Gasteiger partial charge in [-0.3, -0.25) is 0 Å². The number of aliphatic hydroxyl groups excluding tert-OH is 1. The highest BCUT2D eigenvalue weighted by atomic mass is 16.3. The summed E-state index contributed by atoms with van der Waals surface area (Å²) in [4.78, 5) is 0. The molecule has 0 aromatic heterocycles. The molecule has 2 heteroatoms. The molecule has 114 valence electrons. The Balaban J connectivity index is 2.55. The number of hydrogen-bond acceptors (Lipinski definition) is 2. The van der Waals surface area contributed by atoms with Gasteiger partial charge in [0.05, 0.1) is 6.61 Å². The van der Waals surface area contributed by atoms with Crippen LogP contribution >= 0.6 is 0 Å². The van der Waals surface area contributed by atoms with Gasteiger partial charge in [0.15, 0.2) is 0 Å². The van der Waals surface area contributed by atoms with Crippen LogP contribution in [0.25, 0.3) is 0 Å². The third-order valence-corrected chi connectivity index (χ3v) is 3.76. The van der Waals surface area contributed by atoms with Crippen LogP contribution in [0.1, 0.15) is 64.1 Å². The van der Waals surface area contributed by atoms with Crippen LogP contribution in [-0.4, -0.2) is 17.8 Å². The number of aliphatic hydroxyl groups is 1. The molecule has 0 bridgehead atoms. The van der Waals surface area contributed by atoms with Crippen LogP contribution in [0.3, 0.4) is 0 Å². The molecule has 0 heterocycles. The van der Waals surface area contributed by atoms with Crippen molar-refractivity contribution >= 4 is 0 Å². The number of nitrogens with one attached hydrogen (secondary N) is 1. The van der Waals surface area contributed by atoms with E-state index in [9.17, 15) is 5.11 Å². The fraction of sp³-hybridized carbons (Fsp3) is 0.667. The lowest BCUT2D eigenvalue weighted by Crippen LogP contribution is -2.35. The van der Waals surface area contributed by atoms with Gasteiger partial charge in [0.1, 0.15) is 0 Å². The fourth-order valence-corrected chi connectivity index (χ4v) is 2.57. The Morgan fingerprint density at radius 3 is 2.25 bits per heavy atom. The maximum absolute atomic E-state index is 9.45. The van der Waals surface area contributed by atoms with Gasteiger partial charge in [0.25, 0.3) is 0 Å². The summed E-state index contributed by atoms with van der Waals surface area (Å²) in [5.41, 5.74) is 2.72. The van der Waals surface area contributed by atoms with Gasteiger partial charge in [-0.2, -0.15) is 0 Å². The first-order valence-electron chi connectivity index (χ1n) is 8.02. The number of benzene rings is 1. The quantitative estimate of drug-likeness (QED) is 0.712. The molecule has 0 spiro atoms. The Bertz CT molecular complexity index is 358. The van der Waals surface area contributed by atoms with E-state index in [4.69, 9.17) is 0 Å². The molecule has 0 saturated heterocycles. The number of hydrogen-bond donors (Lipinski definition) is 2. The van der Waals surface area contributed by atoms with E-state index in [2.05, 4.69) is 57.3 Å². The molecule has 0 saturated carbocycles. The van der Waals surface area contributed by atoms with Crippen LogP contribution in [0.15, 0.2) is 24.3 Å². The Labute approximate surface area is 124 Å². The van der Waals surface area contributed by atoms with E-state index in [1.54, 1.807) is 0 Å². The summed E-state index contributed by atoms with van der Waals surface area (Å²) in [5, 5.41) is 13.0. The van der Waals surface area contributed by atoms with Crippen molar-refractivity contribution in [3.8, 4) is 0 Å². The van der Waals surface area contributed by atoms with E-state index in [0.29, 0.717) is 5.92 Å². The molecule has 20 heavy (non-hydrogen) atoms. The minimum atomic E-state index is 0.185. The third-order valence-electron chi connectivity index (χ3n) is 3.76. The molecular formula is C18H31NO. The number of unbranched alkanes of at least 4 members (excludes halogenated alkanes) is 1. The summed E-state index contributed by atoms with van der Waals surface area (Å²) in [6.45, 7) is 8.99. The summed E-state index contributed by atoms with van der Waals surface area (Å²) in [6.07, 6.45) is 4.68. The van der Waals surface area contributed by atoms with E-state index >= 15 is 0 Å². The zero-order valence-corrected chi connectivity index (χ0v) is 13.5. The SMILES string of the molecule is CCCCc1ccc(C(C)NC(CO)CC(C)C)cc1. The number of aryl methyl sites for hydroxylation is 1. The molecule has 2 atom stereocenters. The summed E-state index contributed by atoms with van der Waals surface area (Å²) in [5.74, 6) is 0.600. The highest BCUT2D eigenvalue weighted by molar-refractivity contribution is 5.24. The highest BCUT2D eigenvalue weighted by Crippen LogP contribution is 2.17. The first-order chi connectivity index (χ1) is 9.56. The Kier molecular flexibility index (Phi) is 7.86. The second kappa shape index (κ2) is 9.15. The van der Waals surface area contributed by atoms with Crippen molar-refractivity contribution in [1.82, 2.24) is 5.32 Å². The van der Waals surface area contributed by atoms with Crippen LogP contribution in [-0.2, 0) is 6.42 Å². The van der Waals surface area contributed by atoms with E-state index in [0.717, 1.165) is 6.42 Å². The molecule has 0 radical (unpaired) electrons. The van der Waals surface area contributed by atoms with Gasteiger partial charge in [-0.15, -0.1) is 0 Å². The molecular weight excluding hydrogens is 246 g/mol. The van der Waals surface area contributed by atoms with Crippen molar-refractivity contribution in [3.63, 3.8) is 0 Å². The van der Waals surface area contributed by atoms with Crippen molar-refractivity contribution in [2.75, 3.05) is 6.61 Å². The summed E-state index contributed by atoms with van der Waals surface area (Å²) in [7, 11) is 0. The maximum atomic E-state index is 9.45. The minimum Gasteiger partial charge on any atom is -0.395 e. The standard InChI is InChI=1S/C18H31NO/c1-5-6-7-16-8-10-17(11-9-16)15(4)19-18(13-20)12-14(2)3/h8-11,14-15,18-20H,5-7,12-13H2,1-4H3. The molecule has 0 aliphatic heterocycles. The molecule has 1 aromatic carbocycles. The van der Waals surface area contributed by atoms with Gasteiger partial charge >= 0.3 is 0 Å². The molecule has 0 fully saturated rings. The lowest BCUT2D eigenvalue weighted by atomic mass is 10.00. The van der Waals surface area contributed by atoms with Crippen LogP contribution in [0.5, 0.6) is 0 Å². The van der Waals surface area contributed by atoms with Crippen molar-refractivity contribution in [1.29, 1.82) is 0 Å². The van der Waals surface area contributed by atoms with Gasteiger partial charge in [0.2, 0.25) is 0 Å². The van der Waals surface area contributed by atoms with E-state index in [-0.39, 0.29) is 18.7 Å². The van der Waals surface area contributed by atoms with Crippen LogP contribution in [0.2, 0.25) is 0 Å². The second-order valence-corrected chi connectivity index (χ2v) is 6.24. The van der Waals surface area contributed by atoms with Crippen molar-refractivity contribution < 1.29 is 5.11 Å². The van der Waals surface area contributed by atoms with Crippen LogP contribution in [0, 0.1) is 5.92 Å². The molecule has 1 aromatic rings. The van der Waals surface area contributed by atoms with E-state index in [1.807, 2.05) is 0 Å². The third kappa shape index (κ3) is 6.06. The average Bonchev–Trinajstić information content (AvgIpc) is 2.44. The largest absolute Gasteiger partial charge is 0.395 e. The molecule has 0 aliphatic carbocycles. The summed E-state index contributed by atoms with van der Waals surface area (Å²) < 4.78 is 0. The molecule has 0 aliphatic rings. The van der Waals surface area contributed by atoms with Gasteiger partial charge in [-0.25, -0.2) is 0 Å². The lowest BCUT2D eigenvalue weighted by Gasteiger charge is -2.23. The second-order valence-electron chi connectivity index (χ2n) is 6.24. The minimum absolute atomic E-state index is 0.185. The smallest absolute Gasteiger partial charge is 0.0584 e. The molecule has 1 rings (SSSR count). The fourth-order valence-electron chi connectivity index (χ4n) is 2.57. The summed E-state index contributed by atoms with van der Waals surface area (Å²) in [6, 6.07) is 9.37. The topological polar surface area (TPSA) is 32.3 Å². The van der Waals surface area contributed by atoms with E-state index in [1.165, 1.54) is 30.4 Å². The van der Waals surface area contributed by atoms with Crippen LogP contribution in [0.4, 0.5) is 0 Å². The monoisotopic (exact) mass is 277 g/mol. The molecule has 0 amide bonds. The van der Waals surface area contributed by atoms with Gasteiger partial charge in [-0.05, 0) is 43.2 Å². The van der Waals surface area contributed by atoms with Crippen molar-refractivity contribution in [2.45, 2.75) is 65.5 Å². The van der Waals surface area contributed by atoms with Gasteiger partial charge in [0, 0.05) is 12.1 Å². The normalized spacial score (nSPS) is 14.5. The molecule has 2 nitrogen and oxygen atoms in total. The first kappa shape index (κ1) is 17.2. The Morgan fingerprint density at radius 2 is 1.75 bits per heavy atom. The zero-order valence-electron chi connectivity index (χ0n) is 13.5. The van der Waals surface area contributed by atoms with Gasteiger partial charge < -0.3 is 10.4 Å². The maximum Gasteiger partial charge on any atom is 0.0584 e. The highest BCUT2D eigenvalue weighted by Gasteiger charge is 2.13. The van der Waals surface area contributed by atoms with Gasteiger partial charge in [-0.1, -0.05) is 51.5 Å². The van der Waals surface area contributed by atoms with Crippen molar-refractivity contribution in [2.24, 2.45) is 5.92 Å². The van der Waals surface area contributed by atoms with E-state index < -0.39 is 0 Å². The Hall–Kier alpha value is -0.860. The summed E-state index contributed by atoms with van der Waals surface area (Å²) >= 11 is 0. The van der Waals surface area contributed by atoms with Crippen molar-refractivity contribution in [3.05, 3.63) is 35.4 Å². The predicted octanol–water partition coefficient (Wildman–Crippen LogP) is 4.09. The Morgan fingerprint density at radius 1 is 1.10 bits per heavy atom. The molecule has 2 N–H and O–H groups in total.